The van der Waals surface area contributed by atoms with Crippen molar-refractivity contribution in [2.75, 3.05) is 0 Å². The van der Waals surface area contributed by atoms with Crippen molar-refractivity contribution in [2.24, 2.45) is 0 Å². The number of rotatable bonds is 1. The summed E-state index contributed by atoms with van der Waals surface area (Å²) < 4.78 is 25.2. The quantitative estimate of drug-likeness (QED) is 0.584. The zero-order valence-electron chi connectivity index (χ0n) is 6.72. The molecule has 3 nitrogen and oxygen atoms in total. The average molecular weight is 221 g/mol. The Balaban J connectivity index is 0.000000252. The van der Waals surface area contributed by atoms with Crippen molar-refractivity contribution in [1.82, 2.24) is 0 Å². The predicted molar refractivity (Wildman–Crippen MR) is 53.9 cm³/mol. The van der Waals surface area contributed by atoms with Crippen LogP contribution in [-0.4, -0.2) is 13.0 Å². The van der Waals surface area contributed by atoms with Gasteiger partial charge in [0.25, 0.3) is 0 Å². The van der Waals surface area contributed by atoms with Gasteiger partial charge in [-0.15, -0.1) is 0 Å². The molecule has 0 atom stereocenters. The molecule has 0 heterocycles. The maximum atomic E-state index is 8.95. The van der Waals surface area contributed by atoms with Gasteiger partial charge in [0.15, 0.2) is 0 Å². The van der Waals surface area contributed by atoms with Gasteiger partial charge in [-0.1, -0.05) is 43.0 Å². The van der Waals surface area contributed by atoms with Crippen molar-refractivity contribution in [2.45, 2.75) is 0 Å². The largest absolute Gasteiger partial charge is 0.353 e. The Morgan fingerprint density at radius 1 is 1.31 bits per heavy atom. The summed E-state index contributed by atoms with van der Waals surface area (Å²) in [6, 6.07) is 10.0. The van der Waals surface area contributed by atoms with Crippen molar-refractivity contribution in [3.63, 3.8) is 0 Å². The fraction of sp³-hybridized carbons (Fsp3) is 0. The molecule has 0 spiro atoms. The maximum Gasteiger partial charge on any atom is 0.353 e. The van der Waals surface area contributed by atoms with Gasteiger partial charge >= 0.3 is 9.33 Å². The Hall–Kier alpha value is -0.840. The number of hydrogen-bond acceptors (Lipinski definition) is 2. The Morgan fingerprint density at radius 3 is 1.92 bits per heavy atom. The van der Waals surface area contributed by atoms with E-state index >= 15 is 0 Å². The molecule has 0 unspecified atom stereocenters. The molecule has 0 bridgehead atoms. The van der Waals surface area contributed by atoms with E-state index in [0.717, 1.165) is 0 Å². The number of halogens is 1. The Kier molecular flexibility index (Phi) is 5.37. The van der Waals surface area contributed by atoms with Crippen LogP contribution in [0.1, 0.15) is 5.56 Å². The van der Waals surface area contributed by atoms with E-state index in [9.17, 15) is 0 Å². The first kappa shape index (κ1) is 12.2. The summed E-state index contributed by atoms with van der Waals surface area (Å²) in [4.78, 5) is 0. The van der Waals surface area contributed by atoms with Gasteiger partial charge in [0.1, 0.15) is 0 Å². The van der Waals surface area contributed by atoms with E-state index < -0.39 is 9.33 Å². The normalized spacial score (nSPS) is 9.69. The average Bonchev–Trinajstić information content (AvgIpc) is 2.03. The molecule has 1 rings (SSSR count). The molecule has 72 valence electrons. The molecule has 1 aromatic carbocycles. The summed E-state index contributed by atoms with van der Waals surface area (Å²) in [5.41, 5.74) is 1.17. The minimum atomic E-state index is -4.19. The third kappa shape index (κ3) is 11.2. The third-order valence-corrected chi connectivity index (χ3v) is 1.04. The second-order valence-electron chi connectivity index (χ2n) is 2.03. The lowest BCUT2D eigenvalue weighted by Gasteiger charge is -1.85. The van der Waals surface area contributed by atoms with Crippen molar-refractivity contribution in [3.05, 3.63) is 42.5 Å². The molecular formula is C8H9ClO3S. The summed E-state index contributed by atoms with van der Waals surface area (Å²) in [7, 11) is -0.137. The number of benzene rings is 1. The first-order valence-electron chi connectivity index (χ1n) is 3.28. The summed E-state index contributed by atoms with van der Waals surface area (Å²) in [6.07, 6.45) is 1.83. The second kappa shape index (κ2) is 5.75. The van der Waals surface area contributed by atoms with E-state index in [-0.39, 0.29) is 0 Å². The van der Waals surface area contributed by atoms with E-state index in [2.05, 4.69) is 17.3 Å². The van der Waals surface area contributed by atoms with E-state index in [1.807, 2.05) is 36.4 Å². The van der Waals surface area contributed by atoms with Crippen LogP contribution in [-0.2, 0) is 9.33 Å². The van der Waals surface area contributed by atoms with Crippen molar-refractivity contribution < 1.29 is 13.0 Å². The van der Waals surface area contributed by atoms with Gasteiger partial charge in [-0.3, -0.25) is 4.55 Å². The molecule has 0 fully saturated rings. The number of hydrogen-bond donors (Lipinski definition) is 1. The zero-order valence-corrected chi connectivity index (χ0v) is 8.29. The van der Waals surface area contributed by atoms with Crippen LogP contribution in [0.5, 0.6) is 0 Å². The van der Waals surface area contributed by atoms with Gasteiger partial charge < -0.3 is 0 Å². The molecule has 13 heavy (non-hydrogen) atoms. The lowest BCUT2D eigenvalue weighted by atomic mass is 10.2. The molecule has 5 heteroatoms. The molecular weight excluding hydrogens is 212 g/mol. The minimum absolute atomic E-state index is 1.17. The predicted octanol–water partition coefficient (Wildman–Crippen LogP) is 2.36. The van der Waals surface area contributed by atoms with E-state index in [1.54, 1.807) is 0 Å². The molecule has 0 aliphatic heterocycles. The molecule has 0 saturated heterocycles. The van der Waals surface area contributed by atoms with Crippen LogP contribution in [0.25, 0.3) is 6.08 Å². The topological polar surface area (TPSA) is 54.4 Å². The second-order valence-corrected chi connectivity index (χ2v) is 4.02. The highest BCUT2D eigenvalue weighted by atomic mass is 35.7. The first-order chi connectivity index (χ1) is 5.93. The Morgan fingerprint density at radius 2 is 1.69 bits per heavy atom. The van der Waals surface area contributed by atoms with Crippen LogP contribution < -0.4 is 0 Å². The van der Waals surface area contributed by atoms with E-state index in [4.69, 9.17) is 13.0 Å². The zero-order chi connectivity index (χ0) is 10.3. The van der Waals surface area contributed by atoms with Crippen molar-refractivity contribution in [1.29, 1.82) is 0 Å². The van der Waals surface area contributed by atoms with Crippen LogP contribution in [0.4, 0.5) is 0 Å². The highest BCUT2D eigenvalue weighted by Crippen LogP contribution is 1.97. The van der Waals surface area contributed by atoms with Gasteiger partial charge in [0, 0.05) is 10.7 Å². The monoisotopic (exact) mass is 220 g/mol. The molecule has 1 N–H and O–H groups in total. The Labute approximate surface area is 81.9 Å². The third-order valence-electron chi connectivity index (χ3n) is 1.04. The van der Waals surface area contributed by atoms with Crippen molar-refractivity contribution >= 4 is 26.1 Å². The van der Waals surface area contributed by atoms with Gasteiger partial charge in [-0.2, -0.15) is 8.42 Å². The molecule has 0 amide bonds. The van der Waals surface area contributed by atoms with Gasteiger partial charge in [-0.25, -0.2) is 0 Å². The summed E-state index contributed by atoms with van der Waals surface area (Å²) in [5.74, 6) is 0. The molecule has 0 aromatic heterocycles. The Bertz CT molecular complexity index is 337. The van der Waals surface area contributed by atoms with E-state index in [1.165, 1.54) is 5.56 Å². The summed E-state index contributed by atoms with van der Waals surface area (Å²) >= 11 is 0. The molecule has 1 aromatic rings. The molecule has 0 radical (unpaired) electrons. The van der Waals surface area contributed by atoms with Crippen molar-refractivity contribution in [3.8, 4) is 0 Å². The van der Waals surface area contributed by atoms with Gasteiger partial charge in [0.2, 0.25) is 0 Å². The van der Waals surface area contributed by atoms with E-state index in [0.29, 0.717) is 0 Å². The van der Waals surface area contributed by atoms with Crippen LogP contribution in [0.15, 0.2) is 36.9 Å². The lowest BCUT2D eigenvalue weighted by molar-refractivity contribution is 0.501. The van der Waals surface area contributed by atoms with Gasteiger partial charge in [-0.05, 0) is 5.56 Å². The minimum Gasteiger partial charge on any atom is -0.273 e. The van der Waals surface area contributed by atoms with Crippen LogP contribution in [0.3, 0.4) is 0 Å². The maximum absolute atomic E-state index is 8.95. The standard InChI is InChI=1S/C8H8.ClHO3S/c1-2-8-6-4-3-5-7-8;1-5(2,3)4/h2-7H,1H2;(H,2,3,4). The smallest absolute Gasteiger partial charge is 0.273 e. The summed E-state index contributed by atoms with van der Waals surface area (Å²) in [5, 5.41) is 0. The fourth-order valence-electron chi connectivity index (χ4n) is 0.589. The summed E-state index contributed by atoms with van der Waals surface area (Å²) in [6.45, 7) is 3.63. The van der Waals surface area contributed by atoms with Crippen LogP contribution in [0.2, 0.25) is 0 Å². The SMILES string of the molecule is C=Cc1ccccc1.O=S(=O)(O)Cl. The molecule has 0 aliphatic rings. The highest BCUT2D eigenvalue weighted by molar-refractivity contribution is 8.09. The van der Waals surface area contributed by atoms with Crippen LogP contribution in [0, 0.1) is 0 Å². The molecule has 0 aliphatic carbocycles. The lowest BCUT2D eigenvalue weighted by Crippen LogP contribution is -1.77. The fourth-order valence-corrected chi connectivity index (χ4v) is 0.589. The molecule has 0 saturated carbocycles. The first-order valence-corrected chi connectivity index (χ1v) is 5.54. The highest BCUT2D eigenvalue weighted by Gasteiger charge is 1.86. The van der Waals surface area contributed by atoms with Gasteiger partial charge in [0.05, 0.1) is 0 Å². The van der Waals surface area contributed by atoms with Crippen LogP contribution >= 0.6 is 10.7 Å².